The highest BCUT2D eigenvalue weighted by Crippen LogP contribution is 2.25. The molecule has 3 heteroatoms. The van der Waals surface area contributed by atoms with Gasteiger partial charge < -0.3 is 5.32 Å². The molecular formula is C10H18BrNO. The molecule has 0 heterocycles. The zero-order chi connectivity index (χ0) is 9.52. The Labute approximate surface area is 88.6 Å². The second kappa shape index (κ2) is 6.41. The lowest BCUT2D eigenvalue weighted by Crippen LogP contribution is -2.27. The molecule has 0 radical (unpaired) electrons. The fourth-order valence-electron chi connectivity index (χ4n) is 1.91. The minimum Gasteiger partial charge on any atom is -0.355 e. The number of rotatable bonds is 4. The molecule has 0 atom stereocenters. The molecule has 0 saturated heterocycles. The second-order valence-electron chi connectivity index (χ2n) is 3.75. The van der Waals surface area contributed by atoms with E-state index in [1.165, 1.54) is 32.1 Å². The number of hydrogen-bond acceptors (Lipinski definition) is 1. The summed E-state index contributed by atoms with van der Waals surface area (Å²) < 4.78 is 0. The van der Waals surface area contributed by atoms with Crippen molar-refractivity contribution in [2.24, 2.45) is 5.92 Å². The summed E-state index contributed by atoms with van der Waals surface area (Å²) in [5.41, 5.74) is 0. The smallest absolute Gasteiger partial charge is 0.220 e. The number of amides is 1. The third kappa shape index (κ3) is 4.65. The van der Waals surface area contributed by atoms with Crippen LogP contribution in [-0.2, 0) is 4.79 Å². The minimum absolute atomic E-state index is 0.228. The van der Waals surface area contributed by atoms with Crippen molar-refractivity contribution in [1.29, 1.82) is 0 Å². The molecule has 0 aromatic rings. The summed E-state index contributed by atoms with van der Waals surface area (Å²) in [7, 11) is 0. The van der Waals surface area contributed by atoms with Crippen LogP contribution in [0.5, 0.6) is 0 Å². The molecule has 0 aromatic carbocycles. The van der Waals surface area contributed by atoms with Gasteiger partial charge >= 0.3 is 0 Å². The zero-order valence-corrected chi connectivity index (χ0v) is 9.61. The van der Waals surface area contributed by atoms with Crippen LogP contribution in [0.3, 0.4) is 0 Å². The lowest BCUT2D eigenvalue weighted by Gasteiger charge is -2.20. The maximum atomic E-state index is 11.3. The average Bonchev–Trinajstić information content (AvgIpc) is 2.16. The van der Waals surface area contributed by atoms with Gasteiger partial charge in [-0.15, -0.1) is 0 Å². The Hall–Kier alpha value is -0.0500. The fraction of sp³-hybridized carbons (Fsp3) is 0.900. The summed E-state index contributed by atoms with van der Waals surface area (Å²) in [4.78, 5) is 11.3. The van der Waals surface area contributed by atoms with E-state index >= 15 is 0 Å². The second-order valence-corrected chi connectivity index (χ2v) is 4.54. The normalized spacial score (nSPS) is 18.5. The molecule has 0 spiro atoms. The van der Waals surface area contributed by atoms with E-state index in [-0.39, 0.29) is 5.91 Å². The predicted octanol–water partition coefficient (Wildman–Crippen LogP) is 2.47. The van der Waals surface area contributed by atoms with E-state index in [4.69, 9.17) is 0 Å². The zero-order valence-electron chi connectivity index (χ0n) is 8.02. The molecular weight excluding hydrogens is 230 g/mol. The average molecular weight is 248 g/mol. The van der Waals surface area contributed by atoms with Crippen molar-refractivity contribution in [2.45, 2.75) is 38.5 Å². The Morgan fingerprint density at radius 2 is 2.00 bits per heavy atom. The lowest BCUT2D eigenvalue weighted by atomic mass is 9.87. The van der Waals surface area contributed by atoms with Crippen molar-refractivity contribution in [2.75, 3.05) is 11.9 Å². The largest absolute Gasteiger partial charge is 0.355 e. The number of hydrogen-bond donors (Lipinski definition) is 1. The Bertz CT molecular complexity index is 155. The quantitative estimate of drug-likeness (QED) is 0.761. The number of halogens is 1. The summed E-state index contributed by atoms with van der Waals surface area (Å²) >= 11 is 3.29. The van der Waals surface area contributed by atoms with E-state index in [2.05, 4.69) is 21.2 Å². The minimum atomic E-state index is 0.228. The number of alkyl halides is 1. The molecule has 1 fully saturated rings. The molecule has 0 aromatic heterocycles. The topological polar surface area (TPSA) is 29.1 Å². The molecule has 1 aliphatic rings. The number of nitrogens with one attached hydrogen (secondary N) is 1. The van der Waals surface area contributed by atoms with Crippen LogP contribution < -0.4 is 5.32 Å². The van der Waals surface area contributed by atoms with E-state index in [1.54, 1.807) is 0 Å². The van der Waals surface area contributed by atoms with Gasteiger partial charge in [-0.1, -0.05) is 35.2 Å². The highest BCUT2D eigenvalue weighted by Gasteiger charge is 2.16. The molecule has 1 N–H and O–H groups in total. The van der Waals surface area contributed by atoms with Crippen molar-refractivity contribution in [1.82, 2.24) is 5.32 Å². The molecule has 2 nitrogen and oxygen atoms in total. The Morgan fingerprint density at radius 3 is 2.62 bits per heavy atom. The van der Waals surface area contributed by atoms with Crippen LogP contribution in [-0.4, -0.2) is 17.8 Å². The maximum absolute atomic E-state index is 11.3. The van der Waals surface area contributed by atoms with Gasteiger partial charge in [-0.25, -0.2) is 0 Å². The Morgan fingerprint density at radius 1 is 1.31 bits per heavy atom. The maximum Gasteiger partial charge on any atom is 0.220 e. The van der Waals surface area contributed by atoms with E-state index in [0.717, 1.165) is 18.3 Å². The van der Waals surface area contributed by atoms with Gasteiger partial charge in [0.2, 0.25) is 5.91 Å². The molecule has 76 valence electrons. The summed E-state index contributed by atoms with van der Waals surface area (Å²) in [5.74, 6) is 0.885. The van der Waals surface area contributed by atoms with Crippen LogP contribution in [0, 0.1) is 5.92 Å². The van der Waals surface area contributed by atoms with Gasteiger partial charge in [0.1, 0.15) is 0 Å². The Kier molecular flexibility index (Phi) is 5.44. The van der Waals surface area contributed by atoms with Gasteiger partial charge in [0, 0.05) is 18.3 Å². The first-order valence-corrected chi connectivity index (χ1v) is 6.27. The summed E-state index contributed by atoms with van der Waals surface area (Å²) in [5, 5.41) is 3.74. The first kappa shape index (κ1) is 11.0. The van der Waals surface area contributed by atoms with Crippen LogP contribution in [0.4, 0.5) is 0 Å². The van der Waals surface area contributed by atoms with Gasteiger partial charge in [-0.05, 0) is 18.8 Å². The van der Waals surface area contributed by atoms with Crippen LogP contribution in [0.1, 0.15) is 38.5 Å². The lowest BCUT2D eigenvalue weighted by molar-refractivity contribution is -0.122. The Balaban J connectivity index is 2.11. The molecule has 0 unspecified atom stereocenters. The van der Waals surface area contributed by atoms with Crippen LogP contribution in [0.15, 0.2) is 0 Å². The summed E-state index contributed by atoms with van der Waals surface area (Å²) in [6.45, 7) is 0.756. The van der Waals surface area contributed by atoms with Gasteiger partial charge in [0.15, 0.2) is 0 Å². The first-order valence-electron chi connectivity index (χ1n) is 5.15. The molecule has 0 bridgehead atoms. The van der Waals surface area contributed by atoms with Crippen molar-refractivity contribution >= 4 is 21.8 Å². The predicted molar refractivity (Wildman–Crippen MR) is 58.0 cm³/mol. The third-order valence-electron chi connectivity index (χ3n) is 2.62. The molecule has 1 aliphatic carbocycles. The standard InChI is InChI=1S/C10H18BrNO/c11-6-7-12-10(13)8-9-4-2-1-3-5-9/h9H,1-8H2,(H,12,13). The molecule has 0 aliphatic heterocycles. The van der Waals surface area contributed by atoms with E-state index < -0.39 is 0 Å². The fourth-order valence-corrected chi connectivity index (χ4v) is 2.11. The first-order chi connectivity index (χ1) is 6.33. The van der Waals surface area contributed by atoms with Gasteiger partial charge in [-0.2, -0.15) is 0 Å². The molecule has 1 rings (SSSR count). The highest BCUT2D eigenvalue weighted by molar-refractivity contribution is 9.09. The van der Waals surface area contributed by atoms with Gasteiger partial charge in [0.25, 0.3) is 0 Å². The molecule has 1 amide bonds. The SMILES string of the molecule is O=C(CC1CCCCC1)NCCBr. The van der Waals surface area contributed by atoms with E-state index in [9.17, 15) is 4.79 Å². The monoisotopic (exact) mass is 247 g/mol. The third-order valence-corrected chi connectivity index (χ3v) is 3.01. The van der Waals surface area contributed by atoms with Crippen molar-refractivity contribution < 1.29 is 4.79 Å². The molecule has 1 saturated carbocycles. The van der Waals surface area contributed by atoms with E-state index in [1.807, 2.05) is 0 Å². The van der Waals surface area contributed by atoms with Crippen LogP contribution in [0.2, 0.25) is 0 Å². The number of carbonyl (C=O) groups excluding carboxylic acids is 1. The van der Waals surface area contributed by atoms with Crippen LogP contribution in [0.25, 0.3) is 0 Å². The summed E-state index contributed by atoms with van der Waals surface area (Å²) in [6, 6.07) is 0. The van der Waals surface area contributed by atoms with Crippen molar-refractivity contribution in [3.63, 3.8) is 0 Å². The highest BCUT2D eigenvalue weighted by atomic mass is 79.9. The van der Waals surface area contributed by atoms with Crippen molar-refractivity contribution in [3.8, 4) is 0 Å². The molecule has 13 heavy (non-hydrogen) atoms. The van der Waals surface area contributed by atoms with Gasteiger partial charge in [-0.3, -0.25) is 4.79 Å². The van der Waals surface area contributed by atoms with Crippen LogP contribution >= 0.6 is 15.9 Å². The van der Waals surface area contributed by atoms with Crippen molar-refractivity contribution in [3.05, 3.63) is 0 Å². The number of carbonyl (C=O) groups is 1. The summed E-state index contributed by atoms with van der Waals surface area (Å²) in [6.07, 6.45) is 7.24. The van der Waals surface area contributed by atoms with E-state index in [0.29, 0.717) is 5.92 Å². The van der Waals surface area contributed by atoms with Gasteiger partial charge in [0.05, 0.1) is 0 Å².